The van der Waals surface area contributed by atoms with Gasteiger partial charge in [-0.15, -0.1) is 0 Å². The molecule has 0 N–H and O–H groups in total. The molecule has 3 heteroatoms. The van der Waals surface area contributed by atoms with Crippen molar-refractivity contribution in [1.82, 2.24) is 0 Å². The molecule has 0 heterocycles. The highest BCUT2D eigenvalue weighted by Crippen LogP contribution is 2.22. The van der Waals surface area contributed by atoms with E-state index >= 15 is 0 Å². The quantitative estimate of drug-likeness (QED) is 0.655. The van der Waals surface area contributed by atoms with Gasteiger partial charge in [-0.2, -0.15) is 0 Å². The van der Waals surface area contributed by atoms with Crippen LogP contribution in [0, 0.1) is 0 Å². The van der Waals surface area contributed by atoms with E-state index in [4.69, 9.17) is 0 Å². The number of aliphatic carboxylic acids is 1. The summed E-state index contributed by atoms with van der Waals surface area (Å²) in [5.41, 5.74) is 0.132. The predicted octanol–water partition coefficient (Wildman–Crippen LogP) is 0.527. The van der Waals surface area contributed by atoms with Crippen LogP contribution in [0.25, 0.3) is 0 Å². The van der Waals surface area contributed by atoms with Crippen LogP contribution in [0.2, 0.25) is 0 Å². The van der Waals surface area contributed by atoms with Crippen LogP contribution in [0.4, 0.5) is 0 Å². The van der Waals surface area contributed by atoms with Crippen molar-refractivity contribution in [2.75, 3.05) is 0 Å². The molecule has 14 heavy (non-hydrogen) atoms. The topological polar surface area (TPSA) is 57.2 Å². The lowest BCUT2D eigenvalue weighted by atomic mass is 9.84. The van der Waals surface area contributed by atoms with Gasteiger partial charge in [0, 0.05) is 11.0 Å². The number of carboxylic acid groups (broad SMARTS) is 1. The van der Waals surface area contributed by atoms with E-state index in [1.54, 1.807) is 38.1 Å². The lowest BCUT2D eigenvalue weighted by Gasteiger charge is -2.26. The first-order chi connectivity index (χ1) is 6.48. The number of rotatable bonds is 3. The number of carboxylic acids is 1. The molecule has 0 aromatic heterocycles. The maximum Gasteiger partial charge on any atom is 0.150 e. The third kappa shape index (κ3) is 1.82. The average molecular weight is 191 g/mol. The van der Waals surface area contributed by atoms with E-state index < -0.39 is 11.4 Å². The zero-order valence-corrected chi connectivity index (χ0v) is 8.11. The van der Waals surface area contributed by atoms with Crippen LogP contribution in [0.15, 0.2) is 24.3 Å². The van der Waals surface area contributed by atoms with E-state index in [0.717, 1.165) is 6.29 Å². The summed E-state index contributed by atoms with van der Waals surface area (Å²) in [6.07, 6.45) is 0.718. The van der Waals surface area contributed by atoms with Crippen molar-refractivity contribution in [2.24, 2.45) is 0 Å². The fourth-order valence-corrected chi connectivity index (χ4v) is 1.10. The second kappa shape index (κ2) is 3.62. The molecule has 0 aliphatic carbocycles. The van der Waals surface area contributed by atoms with E-state index in [-0.39, 0.29) is 0 Å². The predicted molar refractivity (Wildman–Crippen MR) is 49.9 cm³/mol. The number of carbonyl (C=O) groups excluding carboxylic acids is 2. The first kappa shape index (κ1) is 10.4. The molecule has 0 amide bonds. The van der Waals surface area contributed by atoms with E-state index in [1.807, 2.05) is 0 Å². The summed E-state index contributed by atoms with van der Waals surface area (Å²) in [7, 11) is 0. The van der Waals surface area contributed by atoms with Crippen molar-refractivity contribution in [2.45, 2.75) is 19.3 Å². The molecule has 0 aliphatic rings. The minimum Gasteiger partial charge on any atom is -0.549 e. The van der Waals surface area contributed by atoms with Gasteiger partial charge in [0.15, 0.2) is 0 Å². The SMILES string of the molecule is CC(C)(C(=O)[O-])c1ccc(C=O)cc1. The Kier molecular flexibility index (Phi) is 2.70. The average Bonchev–Trinajstić information content (AvgIpc) is 2.17. The minimum absolute atomic E-state index is 0.530. The largest absolute Gasteiger partial charge is 0.549 e. The van der Waals surface area contributed by atoms with Gasteiger partial charge in [-0.25, -0.2) is 0 Å². The van der Waals surface area contributed by atoms with Crippen molar-refractivity contribution in [1.29, 1.82) is 0 Å². The van der Waals surface area contributed by atoms with Crippen LogP contribution in [-0.2, 0) is 10.2 Å². The summed E-state index contributed by atoms with van der Waals surface area (Å²) in [4.78, 5) is 21.2. The number of aldehydes is 1. The van der Waals surface area contributed by atoms with Crippen molar-refractivity contribution in [3.63, 3.8) is 0 Å². The molecule has 1 aromatic carbocycles. The van der Waals surface area contributed by atoms with Gasteiger partial charge >= 0.3 is 0 Å². The summed E-state index contributed by atoms with van der Waals surface area (Å²) in [6, 6.07) is 6.43. The Bertz CT molecular complexity index is 349. The first-order valence-electron chi connectivity index (χ1n) is 4.25. The Balaban J connectivity index is 3.08. The van der Waals surface area contributed by atoms with Crippen LogP contribution in [0.1, 0.15) is 29.8 Å². The number of benzene rings is 1. The second-order valence-electron chi connectivity index (χ2n) is 3.65. The fraction of sp³-hybridized carbons (Fsp3) is 0.273. The van der Waals surface area contributed by atoms with Gasteiger partial charge in [-0.3, -0.25) is 4.79 Å². The molecule has 1 aromatic rings. The summed E-state index contributed by atoms with van der Waals surface area (Å²) in [5.74, 6) is -1.13. The minimum atomic E-state index is -1.13. The molecular weight excluding hydrogens is 180 g/mol. The maximum atomic E-state index is 10.8. The fourth-order valence-electron chi connectivity index (χ4n) is 1.10. The lowest BCUT2D eigenvalue weighted by Crippen LogP contribution is -2.41. The maximum absolute atomic E-state index is 10.8. The summed E-state index contributed by atoms with van der Waals surface area (Å²) < 4.78 is 0. The van der Waals surface area contributed by atoms with Crippen LogP contribution in [0.5, 0.6) is 0 Å². The summed E-state index contributed by atoms with van der Waals surface area (Å²) in [5, 5.41) is 10.8. The molecule has 0 saturated carbocycles. The molecule has 0 spiro atoms. The van der Waals surface area contributed by atoms with Gasteiger partial charge in [0.1, 0.15) is 6.29 Å². The zero-order valence-electron chi connectivity index (χ0n) is 8.11. The highest BCUT2D eigenvalue weighted by Gasteiger charge is 2.21. The molecule has 0 atom stereocenters. The third-order valence-corrected chi connectivity index (χ3v) is 2.28. The highest BCUT2D eigenvalue weighted by molar-refractivity contribution is 5.79. The van der Waals surface area contributed by atoms with Gasteiger partial charge in [-0.05, 0) is 5.56 Å². The molecule has 0 aliphatic heterocycles. The number of hydrogen-bond acceptors (Lipinski definition) is 3. The van der Waals surface area contributed by atoms with Crippen LogP contribution >= 0.6 is 0 Å². The summed E-state index contributed by atoms with van der Waals surface area (Å²) >= 11 is 0. The standard InChI is InChI=1S/C11H12O3/c1-11(2,10(13)14)9-5-3-8(7-12)4-6-9/h3-7H,1-2H3,(H,13,14)/p-1. The molecule has 0 saturated heterocycles. The van der Waals surface area contributed by atoms with Gasteiger partial charge < -0.3 is 9.90 Å². The Morgan fingerprint density at radius 1 is 1.29 bits per heavy atom. The molecular formula is C11H11O3-. The highest BCUT2D eigenvalue weighted by atomic mass is 16.4. The Morgan fingerprint density at radius 3 is 2.14 bits per heavy atom. The molecule has 0 fully saturated rings. The normalized spacial score (nSPS) is 11.0. The molecule has 74 valence electrons. The number of carbonyl (C=O) groups is 2. The lowest BCUT2D eigenvalue weighted by molar-refractivity contribution is -0.312. The smallest absolute Gasteiger partial charge is 0.150 e. The molecule has 1 rings (SSSR count). The zero-order chi connectivity index (χ0) is 10.8. The van der Waals surface area contributed by atoms with Crippen molar-refractivity contribution < 1.29 is 14.7 Å². The molecule has 0 radical (unpaired) electrons. The van der Waals surface area contributed by atoms with Crippen molar-refractivity contribution in [3.8, 4) is 0 Å². The van der Waals surface area contributed by atoms with E-state index in [2.05, 4.69) is 0 Å². The van der Waals surface area contributed by atoms with Crippen LogP contribution in [0.3, 0.4) is 0 Å². The Hall–Kier alpha value is -1.64. The molecule has 0 unspecified atom stereocenters. The van der Waals surface area contributed by atoms with Crippen molar-refractivity contribution in [3.05, 3.63) is 35.4 Å². The van der Waals surface area contributed by atoms with Gasteiger partial charge in [0.25, 0.3) is 0 Å². The number of hydrogen-bond donors (Lipinski definition) is 0. The second-order valence-corrected chi connectivity index (χ2v) is 3.65. The summed E-state index contributed by atoms with van der Waals surface area (Å²) in [6.45, 7) is 3.14. The monoisotopic (exact) mass is 191 g/mol. The molecule has 3 nitrogen and oxygen atoms in total. The molecule has 0 bridgehead atoms. The van der Waals surface area contributed by atoms with E-state index in [1.165, 1.54) is 0 Å². The Morgan fingerprint density at radius 2 is 1.79 bits per heavy atom. The first-order valence-corrected chi connectivity index (χ1v) is 4.25. The van der Waals surface area contributed by atoms with Gasteiger partial charge in [0.2, 0.25) is 0 Å². The van der Waals surface area contributed by atoms with E-state index in [9.17, 15) is 14.7 Å². The van der Waals surface area contributed by atoms with E-state index in [0.29, 0.717) is 11.1 Å². The van der Waals surface area contributed by atoms with Crippen LogP contribution in [-0.4, -0.2) is 12.3 Å². The Labute approximate surface area is 82.4 Å². The van der Waals surface area contributed by atoms with Crippen molar-refractivity contribution >= 4 is 12.3 Å². The van der Waals surface area contributed by atoms with Gasteiger partial charge in [-0.1, -0.05) is 38.1 Å². The van der Waals surface area contributed by atoms with Crippen LogP contribution < -0.4 is 5.11 Å². The third-order valence-electron chi connectivity index (χ3n) is 2.28. The van der Waals surface area contributed by atoms with Gasteiger partial charge in [0.05, 0.1) is 5.97 Å².